The Kier molecular flexibility index (Phi) is 6.03. The number of hydrogen-bond donors (Lipinski definition) is 2. The van der Waals surface area contributed by atoms with Crippen LogP contribution in [0.15, 0.2) is 18.2 Å². The minimum absolute atomic E-state index is 0.00120. The van der Waals surface area contributed by atoms with Gasteiger partial charge in [-0.05, 0) is 37.5 Å². The van der Waals surface area contributed by atoms with Gasteiger partial charge in [0.25, 0.3) is 0 Å². The number of carbonyl (C=O) groups is 1. The lowest BCUT2D eigenvalue weighted by atomic mass is 10.1. The van der Waals surface area contributed by atoms with E-state index in [2.05, 4.69) is 5.32 Å². The van der Waals surface area contributed by atoms with Crippen molar-refractivity contribution in [3.8, 4) is 11.5 Å². The van der Waals surface area contributed by atoms with Gasteiger partial charge in [-0.2, -0.15) is 0 Å². The molecule has 0 radical (unpaired) electrons. The Morgan fingerprint density at radius 1 is 1.41 bits per heavy atom. The zero-order valence-corrected chi connectivity index (χ0v) is 13.1. The summed E-state index contributed by atoms with van der Waals surface area (Å²) < 4.78 is 16.3. The van der Waals surface area contributed by atoms with Crippen molar-refractivity contribution in [1.29, 1.82) is 0 Å². The Balaban J connectivity index is 1.91. The molecule has 1 aliphatic rings. The molecule has 1 saturated heterocycles. The predicted molar refractivity (Wildman–Crippen MR) is 83.0 cm³/mol. The first-order chi connectivity index (χ1) is 10.7. The summed E-state index contributed by atoms with van der Waals surface area (Å²) in [5, 5.41) is 2.89. The van der Waals surface area contributed by atoms with Crippen molar-refractivity contribution in [2.45, 2.75) is 38.5 Å². The van der Waals surface area contributed by atoms with Crippen molar-refractivity contribution in [3.63, 3.8) is 0 Å². The van der Waals surface area contributed by atoms with Gasteiger partial charge in [0.2, 0.25) is 5.91 Å². The Morgan fingerprint density at radius 2 is 2.23 bits per heavy atom. The van der Waals surface area contributed by atoms with Crippen molar-refractivity contribution < 1.29 is 19.0 Å². The van der Waals surface area contributed by atoms with E-state index in [9.17, 15) is 4.79 Å². The second-order valence-corrected chi connectivity index (χ2v) is 5.20. The van der Waals surface area contributed by atoms with Gasteiger partial charge in [-0.1, -0.05) is 6.07 Å². The van der Waals surface area contributed by atoms with Gasteiger partial charge in [-0.15, -0.1) is 0 Å². The van der Waals surface area contributed by atoms with Crippen LogP contribution in [0, 0.1) is 0 Å². The van der Waals surface area contributed by atoms with Gasteiger partial charge in [0.1, 0.15) is 6.10 Å². The van der Waals surface area contributed by atoms with E-state index in [1.54, 1.807) is 7.11 Å². The summed E-state index contributed by atoms with van der Waals surface area (Å²) >= 11 is 0. The van der Waals surface area contributed by atoms with Crippen molar-refractivity contribution in [3.05, 3.63) is 23.8 Å². The molecule has 3 N–H and O–H groups in total. The van der Waals surface area contributed by atoms with Crippen molar-refractivity contribution in [1.82, 2.24) is 5.32 Å². The van der Waals surface area contributed by atoms with Crippen LogP contribution < -0.4 is 20.5 Å². The van der Waals surface area contributed by atoms with Crippen molar-refractivity contribution in [2.24, 2.45) is 5.73 Å². The van der Waals surface area contributed by atoms with Crippen LogP contribution in [0.2, 0.25) is 0 Å². The summed E-state index contributed by atoms with van der Waals surface area (Å²) in [6.45, 7) is 3.36. The number of rotatable bonds is 7. The van der Waals surface area contributed by atoms with Crippen LogP contribution in [0.3, 0.4) is 0 Å². The van der Waals surface area contributed by atoms with Crippen LogP contribution in [0.4, 0.5) is 0 Å². The molecule has 2 atom stereocenters. The number of methoxy groups -OCH3 is 1. The largest absolute Gasteiger partial charge is 0.493 e. The molecule has 0 spiro atoms. The average molecular weight is 308 g/mol. The Labute approximate surface area is 130 Å². The van der Waals surface area contributed by atoms with E-state index in [0.717, 1.165) is 18.4 Å². The van der Waals surface area contributed by atoms with Gasteiger partial charge >= 0.3 is 0 Å². The lowest BCUT2D eigenvalue weighted by molar-refractivity contribution is -0.132. The van der Waals surface area contributed by atoms with E-state index >= 15 is 0 Å². The number of nitrogens with two attached hydrogens (primary N) is 1. The fourth-order valence-corrected chi connectivity index (χ4v) is 2.47. The molecule has 0 saturated carbocycles. The molecular weight excluding hydrogens is 284 g/mol. The van der Waals surface area contributed by atoms with Crippen LogP contribution in [0.5, 0.6) is 11.5 Å². The van der Waals surface area contributed by atoms with E-state index in [1.807, 2.05) is 25.1 Å². The number of hydrogen-bond acceptors (Lipinski definition) is 5. The first-order valence-electron chi connectivity index (χ1n) is 7.60. The third-order valence-electron chi connectivity index (χ3n) is 3.66. The fraction of sp³-hybridized carbons (Fsp3) is 0.562. The lowest BCUT2D eigenvalue weighted by Crippen LogP contribution is -2.35. The molecule has 2 rings (SSSR count). The first kappa shape index (κ1) is 16.6. The number of ether oxygens (including phenoxy) is 3. The van der Waals surface area contributed by atoms with Gasteiger partial charge in [0.05, 0.1) is 19.8 Å². The maximum Gasteiger partial charge on any atom is 0.249 e. The summed E-state index contributed by atoms with van der Waals surface area (Å²) in [5.41, 5.74) is 6.50. The van der Waals surface area contributed by atoms with Crippen molar-refractivity contribution in [2.75, 3.05) is 20.3 Å². The quantitative estimate of drug-likeness (QED) is 0.791. The van der Waals surface area contributed by atoms with Crippen molar-refractivity contribution >= 4 is 5.91 Å². The third-order valence-corrected chi connectivity index (χ3v) is 3.66. The minimum Gasteiger partial charge on any atom is -0.493 e. The molecule has 1 aliphatic heterocycles. The molecule has 0 aliphatic carbocycles. The van der Waals surface area contributed by atoms with Gasteiger partial charge in [-0.3, -0.25) is 4.79 Å². The molecule has 122 valence electrons. The predicted octanol–water partition coefficient (Wildman–Crippen LogP) is 1.22. The van der Waals surface area contributed by atoms with Crippen LogP contribution in [0.25, 0.3) is 0 Å². The molecule has 0 aromatic heterocycles. The van der Waals surface area contributed by atoms with Crippen LogP contribution >= 0.6 is 0 Å². The van der Waals surface area contributed by atoms with Crippen LogP contribution in [-0.4, -0.2) is 38.4 Å². The highest BCUT2D eigenvalue weighted by atomic mass is 16.5. The van der Waals surface area contributed by atoms with E-state index in [0.29, 0.717) is 31.2 Å². The summed E-state index contributed by atoms with van der Waals surface area (Å²) in [4.78, 5) is 12.1. The SMILES string of the molecule is CCOc1cc(CNC(=O)[C@@H]2CC[C@H](CN)O2)ccc1OC. The maximum absolute atomic E-state index is 12.1. The maximum atomic E-state index is 12.1. The third kappa shape index (κ3) is 4.11. The number of amides is 1. The van der Waals surface area contributed by atoms with Gasteiger partial charge < -0.3 is 25.3 Å². The summed E-state index contributed by atoms with van der Waals surface area (Å²) in [6, 6.07) is 5.61. The standard InChI is InChI=1S/C16H24N2O4/c1-3-21-15-8-11(4-6-13(15)20-2)10-18-16(19)14-7-5-12(9-17)22-14/h4,6,8,12,14H,3,5,7,9-10,17H2,1-2H3,(H,18,19)/t12-,14+/m1/s1. The molecule has 1 fully saturated rings. The van der Waals surface area contributed by atoms with Gasteiger partial charge in [0.15, 0.2) is 11.5 Å². The topological polar surface area (TPSA) is 82.8 Å². The molecule has 6 heteroatoms. The highest BCUT2D eigenvalue weighted by Crippen LogP contribution is 2.28. The van der Waals surface area contributed by atoms with E-state index < -0.39 is 6.10 Å². The Hall–Kier alpha value is -1.79. The summed E-state index contributed by atoms with van der Waals surface area (Å²) in [7, 11) is 1.60. The zero-order valence-electron chi connectivity index (χ0n) is 13.1. The van der Waals surface area contributed by atoms with Crippen LogP contribution in [-0.2, 0) is 16.1 Å². The molecule has 1 amide bonds. The van der Waals surface area contributed by atoms with E-state index in [4.69, 9.17) is 19.9 Å². The fourth-order valence-electron chi connectivity index (χ4n) is 2.47. The zero-order chi connectivity index (χ0) is 15.9. The number of nitrogens with one attached hydrogen (secondary N) is 1. The second-order valence-electron chi connectivity index (χ2n) is 5.20. The Morgan fingerprint density at radius 3 is 2.86 bits per heavy atom. The normalized spacial score (nSPS) is 20.7. The molecular formula is C16H24N2O4. The molecule has 6 nitrogen and oxygen atoms in total. The molecule has 0 unspecified atom stereocenters. The molecule has 1 aromatic carbocycles. The summed E-state index contributed by atoms with van der Waals surface area (Å²) in [5.74, 6) is 1.27. The lowest BCUT2D eigenvalue weighted by Gasteiger charge is -2.14. The highest BCUT2D eigenvalue weighted by Gasteiger charge is 2.29. The van der Waals surface area contributed by atoms with E-state index in [1.165, 1.54) is 0 Å². The molecule has 0 bridgehead atoms. The first-order valence-corrected chi connectivity index (χ1v) is 7.60. The van der Waals surface area contributed by atoms with Gasteiger partial charge in [0, 0.05) is 13.1 Å². The average Bonchev–Trinajstić information content (AvgIpc) is 3.02. The monoisotopic (exact) mass is 308 g/mol. The number of carbonyl (C=O) groups excluding carboxylic acids is 1. The summed E-state index contributed by atoms with van der Waals surface area (Å²) in [6.07, 6.45) is 1.17. The second kappa shape index (κ2) is 8.00. The Bertz CT molecular complexity index is 507. The minimum atomic E-state index is -0.391. The smallest absolute Gasteiger partial charge is 0.249 e. The van der Waals surface area contributed by atoms with E-state index in [-0.39, 0.29) is 12.0 Å². The number of benzene rings is 1. The molecule has 22 heavy (non-hydrogen) atoms. The molecule has 1 heterocycles. The molecule has 1 aromatic rings. The van der Waals surface area contributed by atoms with Crippen LogP contribution in [0.1, 0.15) is 25.3 Å². The van der Waals surface area contributed by atoms with Gasteiger partial charge in [-0.25, -0.2) is 0 Å². The highest BCUT2D eigenvalue weighted by molar-refractivity contribution is 5.81.